The molecular weight excluding hydrogens is 485 g/mol. The fourth-order valence-corrected chi connectivity index (χ4v) is 11.9. The molecule has 1 aliphatic carbocycles. The molecular formula is C33H38O2Si2. The topological polar surface area (TPSA) is 18.5 Å². The molecule has 2 nitrogen and oxygen atoms in total. The molecule has 1 aliphatic rings. The summed E-state index contributed by atoms with van der Waals surface area (Å²) in [5.41, 5.74) is 8.68. The van der Waals surface area contributed by atoms with E-state index in [1.807, 2.05) is 0 Å². The van der Waals surface area contributed by atoms with Gasteiger partial charge in [-0.25, -0.2) is 0 Å². The van der Waals surface area contributed by atoms with Crippen LogP contribution in [0.25, 0.3) is 11.1 Å². The monoisotopic (exact) mass is 522 g/mol. The smallest absolute Gasteiger partial charge is 0.118 e. The first-order chi connectivity index (χ1) is 17.6. The Hall–Kier alpha value is -3.09. The standard InChI is InChI=1S/C33H38O2Si2/c1-22-17-28-29-18-23(2)20-33(37(7,8)27-15-11-25(35-4)12-16-27)31(29)21-30(28)32(19-22)36(5,6)26-13-9-24(34-3)10-14-26/h9-20H,21H2,1-8H3. The van der Waals surface area contributed by atoms with Crippen LogP contribution in [0.1, 0.15) is 22.3 Å². The van der Waals surface area contributed by atoms with Crippen molar-refractivity contribution in [1.29, 1.82) is 0 Å². The summed E-state index contributed by atoms with van der Waals surface area (Å²) in [5.74, 6) is 1.84. The Labute approximate surface area is 224 Å². The molecule has 4 aromatic rings. The van der Waals surface area contributed by atoms with E-state index in [1.54, 1.807) is 35.7 Å². The largest absolute Gasteiger partial charge is 0.497 e. The molecule has 0 bridgehead atoms. The molecule has 4 aromatic carbocycles. The summed E-state index contributed by atoms with van der Waals surface area (Å²) in [6.45, 7) is 14.5. The molecule has 0 radical (unpaired) electrons. The SMILES string of the molecule is COc1ccc([Si](C)(C)c2cc(C)cc3c2Cc2c-3cc(C)cc2[Si](C)(C)c2ccc(OC)cc2)cc1. The third-order valence-electron chi connectivity index (χ3n) is 8.40. The summed E-state index contributed by atoms with van der Waals surface area (Å²) in [6, 6.07) is 27.3. The second kappa shape index (κ2) is 9.34. The van der Waals surface area contributed by atoms with Crippen molar-refractivity contribution in [3.8, 4) is 22.6 Å². The van der Waals surface area contributed by atoms with Gasteiger partial charge in [0, 0.05) is 0 Å². The van der Waals surface area contributed by atoms with Crippen molar-refractivity contribution in [2.45, 2.75) is 46.5 Å². The molecule has 0 aromatic heterocycles. The molecule has 0 heterocycles. The van der Waals surface area contributed by atoms with Crippen LogP contribution >= 0.6 is 0 Å². The highest BCUT2D eigenvalue weighted by atomic mass is 28.3. The van der Waals surface area contributed by atoms with Crippen LogP contribution in [0.4, 0.5) is 0 Å². The van der Waals surface area contributed by atoms with Crippen LogP contribution in [-0.2, 0) is 6.42 Å². The maximum atomic E-state index is 5.44. The van der Waals surface area contributed by atoms with Gasteiger partial charge in [-0.2, -0.15) is 0 Å². The lowest BCUT2D eigenvalue weighted by Crippen LogP contribution is -2.55. The number of hydrogen-bond acceptors (Lipinski definition) is 2. The zero-order chi connectivity index (χ0) is 26.5. The van der Waals surface area contributed by atoms with E-state index in [2.05, 4.69) is 113 Å². The Morgan fingerprint density at radius 3 is 1.22 bits per heavy atom. The van der Waals surface area contributed by atoms with Crippen molar-refractivity contribution in [3.63, 3.8) is 0 Å². The van der Waals surface area contributed by atoms with Crippen molar-refractivity contribution in [2.24, 2.45) is 0 Å². The minimum Gasteiger partial charge on any atom is -0.497 e. The molecule has 0 amide bonds. The highest BCUT2D eigenvalue weighted by molar-refractivity contribution is 7.01. The molecule has 0 N–H and O–H groups in total. The van der Waals surface area contributed by atoms with Gasteiger partial charge in [0.25, 0.3) is 0 Å². The molecule has 5 rings (SSSR count). The van der Waals surface area contributed by atoms with Gasteiger partial charge in [0.15, 0.2) is 0 Å². The van der Waals surface area contributed by atoms with Gasteiger partial charge in [-0.3, -0.25) is 0 Å². The minimum atomic E-state index is -1.93. The van der Waals surface area contributed by atoms with Gasteiger partial charge in [-0.1, -0.05) is 107 Å². The van der Waals surface area contributed by atoms with Crippen molar-refractivity contribution in [1.82, 2.24) is 0 Å². The number of hydrogen-bond donors (Lipinski definition) is 0. The van der Waals surface area contributed by atoms with Crippen LogP contribution in [0.3, 0.4) is 0 Å². The lowest BCUT2D eigenvalue weighted by molar-refractivity contribution is 0.415. The zero-order valence-corrected chi connectivity index (χ0v) is 25.5. The van der Waals surface area contributed by atoms with E-state index in [9.17, 15) is 0 Å². The highest BCUT2D eigenvalue weighted by Gasteiger charge is 2.36. The zero-order valence-electron chi connectivity index (χ0n) is 23.5. The summed E-state index contributed by atoms with van der Waals surface area (Å²) < 4.78 is 10.9. The normalized spacial score (nSPS) is 12.8. The third kappa shape index (κ3) is 4.36. The molecule has 0 aliphatic heterocycles. The number of rotatable bonds is 6. The van der Waals surface area contributed by atoms with Crippen molar-refractivity contribution < 1.29 is 9.47 Å². The van der Waals surface area contributed by atoms with Gasteiger partial charge < -0.3 is 9.47 Å². The van der Waals surface area contributed by atoms with Gasteiger partial charge in [-0.05, 0) is 66.8 Å². The van der Waals surface area contributed by atoms with Crippen molar-refractivity contribution >= 4 is 36.9 Å². The van der Waals surface area contributed by atoms with E-state index >= 15 is 0 Å². The van der Waals surface area contributed by atoms with Gasteiger partial charge in [-0.15, -0.1) is 0 Å². The van der Waals surface area contributed by atoms with Crippen LogP contribution in [0.2, 0.25) is 26.2 Å². The molecule has 0 atom stereocenters. The fraction of sp³-hybridized carbons (Fsp3) is 0.273. The first kappa shape index (κ1) is 25.6. The number of methoxy groups -OCH3 is 2. The highest BCUT2D eigenvalue weighted by Crippen LogP contribution is 2.38. The van der Waals surface area contributed by atoms with Crippen LogP contribution in [0.15, 0.2) is 72.8 Å². The Kier molecular flexibility index (Phi) is 6.45. The third-order valence-corrected chi connectivity index (χ3v) is 15.5. The molecule has 0 unspecified atom stereocenters. The second-order valence-corrected chi connectivity index (χ2v) is 20.3. The molecule has 0 saturated carbocycles. The molecule has 37 heavy (non-hydrogen) atoms. The average Bonchev–Trinajstić information content (AvgIpc) is 3.25. The van der Waals surface area contributed by atoms with Crippen molar-refractivity contribution in [2.75, 3.05) is 14.2 Å². The van der Waals surface area contributed by atoms with E-state index in [1.165, 1.54) is 32.6 Å². The Balaban J connectivity index is 1.65. The van der Waals surface area contributed by atoms with Crippen LogP contribution in [-0.4, -0.2) is 30.4 Å². The van der Waals surface area contributed by atoms with Crippen LogP contribution < -0.4 is 30.2 Å². The molecule has 0 fully saturated rings. The number of fused-ring (bicyclic) bond motifs is 3. The lowest BCUT2D eigenvalue weighted by Gasteiger charge is -2.28. The Morgan fingerprint density at radius 1 is 0.541 bits per heavy atom. The van der Waals surface area contributed by atoms with E-state index < -0.39 is 16.1 Å². The molecule has 0 spiro atoms. The second-order valence-electron chi connectivity index (χ2n) is 11.6. The van der Waals surface area contributed by atoms with E-state index in [-0.39, 0.29) is 0 Å². The quantitative estimate of drug-likeness (QED) is 0.273. The van der Waals surface area contributed by atoms with Gasteiger partial charge >= 0.3 is 0 Å². The van der Waals surface area contributed by atoms with Crippen LogP contribution in [0, 0.1) is 13.8 Å². The number of benzene rings is 4. The molecule has 4 heteroatoms. The van der Waals surface area contributed by atoms with Gasteiger partial charge in [0.2, 0.25) is 0 Å². The van der Waals surface area contributed by atoms with Crippen molar-refractivity contribution in [3.05, 3.63) is 95.1 Å². The van der Waals surface area contributed by atoms with E-state index in [0.29, 0.717) is 0 Å². The van der Waals surface area contributed by atoms with E-state index in [0.717, 1.165) is 17.9 Å². The predicted octanol–water partition coefficient (Wildman–Crippen LogP) is 5.54. The summed E-state index contributed by atoms with van der Waals surface area (Å²) >= 11 is 0. The maximum Gasteiger partial charge on any atom is 0.118 e. The van der Waals surface area contributed by atoms with Crippen LogP contribution in [0.5, 0.6) is 11.5 Å². The van der Waals surface area contributed by atoms with E-state index in [4.69, 9.17) is 9.47 Å². The predicted molar refractivity (Wildman–Crippen MR) is 164 cm³/mol. The Bertz CT molecular complexity index is 1350. The molecule has 0 saturated heterocycles. The first-order valence-corrected chi connectivity index (χ1v) is 19.1. The Morgan fingerprint density at radius 2 is 0.892 bits per heavy atom. The van der Waals surface area contributed by atoms with Gasteiger partial charge in [0.1, 0.15) is 27.6 Å². The summed E-state index contributed by atoms with van der Waals surface area (Å²) in [5, 5.41) is 6.02. The fourth-order valence-electron chi connectivity index (χ4n) is 6.11. The van der Waals surface area contributed by atoms with Gasteiger partial charge in [0.05, 0.1) is 14.2 Å². The number of ether oxygens (including phenoxy) is 2. The summed E-state index contributed by atoms with van der Waals surface area (Å²) in [7, 11) is -0.387. The summed E-state index contributed by atoms with van der Waals surface area (Å²) in [6.07, 6.45) is 1.02. The summed E-state index contributed by atoms with van der Waals surface area (Å²) in [4.78, 5) is 0. The lowest BCUT2D eigenvalue weighted by atomic mass is 10.0. The first-order valence-electron chi connectivity index (χ1n) is 13.1. The maximum absolute atomic E-state index is 5.44. The molecule has 190 valence electrons. The minimum absolute atomic E-state index is 0.918. The average molecular weight is 523 g/mol. The number of aryl methyl sites for hydroxylation is 2.